The molecule has 0 radical (unpaired) electrons. The largest absolute Gasteiger partial charge is 0.468 e. The molecule has 0 amide bonds. The van der Waals surface area contributed by atoms with Crippen molar-refractivity contribution < 1.29 is 4.42 Å². The van der Waals surface area contributed by atoms with E-state index in [0.717, 1.165) is 24.1 Å². The van der Waals surface area contributed by atoms with Crippen molar-refractivity contribution >= 4 is 99.9 Å². The van der Waals surface area contributed by atoms with E-state index in [-0.39, 0.29) is 28.4 Å². The monoisotopic (exact) mass is 884 g/mol. The Hall–Kier alpha value is -5.26. The zero-order valence-corrected chi connectivity index (χ0v) is 42.3. The molecule has 3 nitrogen and oxygen atoms in total. The highest BCUT2D eigenvalue weighted by atomic mass is 32.1. The van der Waals surface area contributed by atoms with Gasteiger partial charge in [0.2, 0.25) is 0 Å². The maximum absolute atomic E-state index is 7.64. The number of furan rings is 1. The smallest absolute Gasteiger partial charge is 0.297 e. The molecule has 4 heterocycles. The third kappa shape index (κ3) is 6.06. The van der Waals surface area contributed by atoms with Crippen molar-refractivity contribution in [3.8, 4) is 0 Å². The van der Waals surface area contributed by atoms with Crippen LogP contribution >= 0.6 is 11.3 Å². The summed E-state index contributed by atoms with van der Waals surface area (Å²) in [5, 5.41) is 3.84. The summed E-state index contributed by atoms with van der Waals surface area (Å²) < 4.78 is 10.3. The maximum Gasteiger partial charge on any atom is 0.297 e. The Kier molecular flexibility index (Phi) is 8.88. The van der Waals surface area contributed by atoms with Crippen molar-refractivity contribution in [3.05, 3.63) is 136 Å². The highest BCUT2D eigenvalue weighted by Crippen LogP contribution is 2.54. The number of aryl methyl sites for hydroxylation is 1. The topological polar surface area (TPSA) is 19.6 Å². The van der Waals surface area contributed by atoms with E-state index in [1.54, 1.807) is 0 Å². The zero-order chi connectivity index (χ0) is 46.1. The summed E-state index contributed by atoms with van der Waals surface area (Å²) in [6.45, 7) is 31.2. The van der Waals surface area contributed by atoms with Crippen LogP contribution in [-0.4, -0.2) is 6.71 Å². The van der Waals surface area contributed by atoms with E-state index in [1.165, 1.54) is 122 Å². The molecule has 1 unspecified atom stereocenters. The SMILES string of the molecule is Cc1cc2c3c(c1)N(c1ccc4sc5ccccc5c4c1)c1c(oc4cc5c(cc14)C(C)(C)CCC5C)B3c1cc3c(cc1N2c1cc(C(C)C)cc(C(C)(C)C)c1)C(C)(C)CCC3(C)C. The molecule has 334 valence electrons. The summed E-state index contributed by atoms with van der Waals surface area (Å²) in [7, 11) is 0. The molecular weight excluding hydrogens is 820 g/mol. The van der Waals surface area contributed by atoms with Crippen LogP contribution in [0, 0.1) is 6.92 Å². The average Bonchev–Trinajstić information content (AvgIpc) is 3.83. The fourth-order valence-corrected chi connectivity index (χ4v) is 13.6. The lowest BCUT2D eigenvalue weighted by Crippen LogP contribution is -2.61. The molecule has 2 aliphatic heterocycles. The standard InChI is InChI=1S/C61H65BN2OS/c1-34(2)37-26-38(58(5,6)7)28-40(27-37)63-49-33-47-46(60(10,11)22-23-61(47,12)13)32-48(49)62-55-50(63)24-35(3)25-51(55)64(39-18-19-54-43(29-39)41-16-14-15-17-53(41)66-54)56-44-30-45-42(31-52(44)65-57(56)62)36(4)20-21-59(45,8)9/h14-19,24-34,36H,20-23H2,1-13H3. The summed E-state index contributed by atoms with van der Waals surface area (Å²) in [5.74, 6) is 0.866. The molecule has 6 aromatic carbocycles. The molecule has 0 fully saturated rings. The lowest BCUT2D eigenvalue weighted by Gasteiger charge is -2.46. The van der Waals surface area contributed by atoms with Gasteiger partial charge in [0.15, 0.2) is 0 Å². The van der Waals surface area contributed by atoms with Crippen LogP contribution in [0.3, 0.4) is 0 Å². The molecule has 8 aromatic rings. The minimum absolute atomic E-state index is 0.0234. The Balaban J connectivity index is 1.23. The van der Waals surface area contributed by atoms with Crippen LogP contribution in [0.15, 0.2) is 101 Å². The Morgan fingerprint density at radius 3 is 2.08 bits per heavy atom. The summed E-state index contributed by atoms with van der Waals surface area (Å²) in [6.07, 6.45) is 4.70. The molecule has 0 spiro atoms. The first-order chi connectivity index (χ1) is 31.2. The molecular formula is C61H65BN2OS. The van der Waals surface area contributed by atoms with Crippen LogP contribution in [0.1, 0.15) is 160 Å². The molecule has 0 bridgehead atoms. The summed E-state index contributed by atoms with van der Waals surface area (Å²) in [4.78, 5) is 5.28. The van der Waals surface area contributed by atoms with Crippen molar-refractivity contribution in [2.24, 2.45) is 0 Å². The van der Waals surface area contributed by atoms with E-state index in [4.69, 9.17) is 4.42 Å². The number of thiophene rings is 1. The van der Waals surface area contributed by atoms with Gasteiger partial charge in [-0.15, -0.1) is 11.3 Å². The van der Waals surface area contributed by atoms with E-state index < -0.39 is 0 Å². The van der Waals surface area contributed by atoms with Crippen LogP contribution < -0.4 is 26.4 Å². The van der Waals surface area contributed by atoms with Crippen LogP contribution in [0.25, 0.3) is 31.1 Å². The number of rotatable bonds is 3. The van der Waals surface area contributed by atoms with Gasteiger partial charge in [0.1, 0.15) is 5.58 Å². The van der Waals surface area contributed by atoms with Gasteiger partial charge in [-0.25, -0.2) is 0 Å². The molecule has 0 saturated carbocycles. The van der Waals surface area contributed by atoms with E-state index in [2.05, 4.69) is 197 Å². The van der Waals surface area contributed by atoms with Gasteiger partial charge in [-0.05, 0) is 183 Å². The second-order valence-corrected chi connectivity index (χ2v) is 25.2. The van der Waals surface area contributed by atoms with Gasteiger partial charge in [-0.1, -0.05) is 113 Å². The summed E-state index contributed by atoms with van der Waals surface area (Å²) in [6, 6.07) is 38.8. The third-order valence-electron chi connectivity index (χ3n) is 16.8. The first kappa shape index (κ1) is 42.1. The second-order valence-electron chi connectivity index (χ2n) is 24.1. The molecule has 66 heavy (non-hydrogen) atoms. The Morgan fingerprint density at radius 1 is 0.667 bits per heavy atom. The normalized spacial score (nSPS) is 19.0. The Bertz CT molecular complexity index is 3370. The molecule has 2 aliphatic carbocycles. The predicted octanol–water partition coefficient (Wildman–Crippen LogP) is 16.1. The average molecular weight is 885 g/mol. The van der Waals surface area contributed by atoms with Gasteiger partial charge in [0.05, 0.1) is 11.3 Å². The summed E-state index contributed by atoms with van der Waals surface area (Å²) in [5.41, 5.74) is 22.2. The Morgan fingerprint density at radius 2 is 1.35 bits per heavy atom. The number of hydrogen-bond acceptors (Lipinski definition) is 4. The molecule has 4 aliphatic rings. The fraction of sp³-hybridized carbons (Fsp3) is 0.377. The molecule has 5 heteroatoms. The maximum atomic E-state index is 7.64. The van der Waals surface area contributed by atoms with E-state index in [0.29, 0.717) is 11.8 Å². The molecule has 12 rings (SSSR count). The van der Waals surface area contributed by atoms with Crippen LogP contribution in [0.5, 0.6) is 0 Å². The minimum atomic E-state index is -0.102. The van der Waals surface area contributed by atoms with Crippen molar-refractivity contribution in [1.29, 1.82) is 0 Å². The fourth-order valence-electron chi connectivity index (χ4n) is 12.5. The predicted molar refractivity (Wildman–Crippen MR) is 287 cm³/mol. The first-order valence-electron chi connectivity index (χ1n) is 24.8. The quantitative estimate of drug-likeness (QED) is 0.165. The van der Waals surface area contributed by atoms with E-state index in [9.17, 15) is 0 Å². The van der Waals surface area contributed by atoms with Crippen LogP contribution in [0.4, 0.5) is 34.1 Å². The van der Waals surface area contributed by atoms with Gasteiger partial charge >= 0.3 is 0 Å². The molecule has 0 N–H and O–H groups in total. The Labute approximate surface area is 397 Å². The number of anilines is 6. The van der Waals surface area contributed by atoms with Crippen LogP contribution in [-0.2, 0) is 21.7 Å². The summed E-state index contributed by atoms with van der Waals surface area (Å²) >= 11 is 1.89. The third-order valence-corrected chi connectivity index (χ3v) is 17.9. The lowest BCUT2D eigenvalue weighted by atomic mass is 9.35. The molecule has 2 aromatic heterocycles. The highest BCUT2D eigenvalue weighted by molar-refractivity contribution is 7.25. The van der Waals surface area contributed by atoms with Crippen molar-refractivity contribution in [1.82, 2.24) is 0 Å². The van der Waals surface area contributed by atoms with Crippen molar-refractivity contribution in [2.45, 2.75) is 149 Å². The number of hydrogen-bond donors (Lipinski definition) is 0. The van der Waals surface area contributed by atoms with Gasteiger partial charge < -0.3 is 14.2 Å². The first-order valence-corrected chi connectivity index (χ1v) is 25.6. The minimum Gasteiger partial charge on any atom is -0.468 e. The highest BCUT2D eigenvalue weighted by Gasteiger charge is 2.49. The number of benzene rings is 6. The van der Waals surface area contributed by atoms with Gasteiger partial charge in [0, 0.05) is 54.0 Å². The molecule has 0 saturated heterocycles. The van der Waals surface area contributed by atoms with Gasteiger partial charge in [-0.3, -0.25) is 0 Å². The lowest BCUT2D eigenvalue weighted by molar-refractivity contribution is 0.332. The van der Waals surface area contributed by atoms with Crippen molar-refractivity contribution in [3.63, 3.8) is 0 Å². The second kappa shape index (κ2) is 13.9. The zero-order valence-electron chi connectivity index (χ0n) is 41.5. The van der Waals surface area contributed by atoms with Crippen LogP contribution in [0.2, 0.25) is 0 Å². The number of fused-ring (bicyclic) bond motifs is 11. The van der Waals surface area contributed by atoms with Gasteiger partial charge in [0.25, 0.3) is 6.71 Å². The van der Waals surface area contributed by atoms with E-state index >= 15 is 0 Å². The van der Waals surface area contributed by atoms with Gasteiger partial charge in [-0.2, -0.15) is 0 Å². The molecule has 1 atom stereocenters. The van der Waals surface area contributed by atoms with Crippen molar-refractivity contribution in [2.75, 3.05) is 9.80 Å². The number of nitrogens with zero attached hydrogens (tertiary/aromatic N) is 2. The van der Waals surface area contributed by atoms with E-state index in [1.807, 2.05) is 11.3 Å².